The highest BCUT2D eigenvalue weighted by Gasteiger charge is 2.39. The van der Waals surface area contributed by atoms with Crippen molar-refractivity contribution in [3.05, 3.63) is 36.0 Å². The number of thiocarbonyl (C=S) groups is 1. The van der Waals surface area contributed by atoms with Gasteiger partial charge in [-0.2, -0.15) is 0 Å². The van der Waals surface area contributed by atoms with Crippen molar-refractivity contribution in [2.75, 3.05) is 33.1 Å². The Balaban J connectivity index is 1.65. The third-order valence-corrected chi connectivity index (χ3v) is 4.83. The minimum atomic E-state index is -0.467. The monoisotopic (exact) mass is 361 g/mol. The number of hydrogen-bond donors (Lipinski definition) is 2. The van der Waals surface area contributed by atoms with E-state index in [-0.39, 0.29) is 18.7 Å². The molecule has 0 aromatic heterocycles. The molecular weight excluding hydrogens is 342 g/mol. The van der Waals surface area contributed by atoms with E-state index in [1.807, 2.05) is 23.1 Å². The number of rotatable bonds is 2. The molecule has 2 atom stereocenters. The maximum Gasteiger partial charge on any atom is 0.234 e. The zero-order valence-corrected chi connectivity index (χ0v) is 14.4. The van der Waals surface area contributed by atoms with Crippen LogP contribution in [0.4, 0.5) is 0 Å². The standard InChI is InChI=1S/C17H19N3O4S/c1-10-14(16(21)20-4-6-22-7-5-20)15(19-17(25)18-10)11-2-3-12-13(8-11)24-9-23-12/h2-3,8,14-15H,1,4-7,9H2,(H2,18,19,25)/t14-,15+/m1/s1. The number of fused-ring (bicyclic) bond motifs is 1. The Labute approximate surface area is 150 Å². The minimum absolute atomic E-state index is 0.0125. The van der Waals surface area contributed by atoms with Crippen LogP contribution in [0.3, 0.4) is 0 Å². The lowest BCUT2D eigenvalue weighted by Gasteiger charge is -2.39. The zero-order valence-electron chi connectivity index (χ0n) is 13.6. The van der Waals surface area contributed by atoms with Crippen LogP contribution in [0.5, 0.6) is 11.5 Å². The molecule has 0 aliphatic carbocycles. The van der Waals surface area contributed by atoms with Crippen molar-refractivity contribution >= 4 is 23.2 Å². The fraction of sp³-hybridized carbons (Fsp3) is 0.412. The Morgan fingerprint density at radius 2 is 2.00 bits per heavy atom. The molecule has 3 aliphatic heterocycles. The molecule has 0 radical (unpaired) electrons. The SMILES string of the molecule is C=C1NC(=S)N[C@@H](c2ccc3c(c2)OCO3)[C@@H]1C(=O)N1CCOCC1. The Bertz CT molecular complexity index is 733. The van der Waals surface area contributed by atoms with Crippen LogP contribution in [0.1, 0.15) is 11.6 Å². The molecule has 7 nitrogen and oxygen atoms in total. The highest BCUT2D eigenvalue weighted by Crippen LogP contribution is 2.38. The van der Waals surface area contributed by atoms with Crippen LogP contribution in [0.15, 0.2) is 30.5 Å². The lowest BCUT2D eigenvalue weighted by molar-refractivity contribution is -0.139. The van der Waals surface area contributed by atoms with Gasteiger partial charge in [-0.3, -0.25) is 4.79 Å². The zero-order chi connectivity index (χ0) is 17.4. The van der Waals surface area contributed by atoms with E-state index in [0.29, 0.717) is 48.6 Å². The fourth-order valence-corrected chi connectivity index (χ4v) is 3.60. The van der Waals surface area contributed by atoms with Gasteiger partial charge in [0.2, 0.25) is 12.7 Å². The molecule has 4 rings (SSSR count). The van der Waals surface area contributed by atoms with Gasteiger partial charge in [0.15, 0.2) is 16.6 Å². The highest BCUT2D eigenvalue weighted by molar-refractivity contribution is 7.80. The van der Waals surface area contributed by atoms with Gasteiger partial charge in [-0.25, -0.2) is 0 Å². The summed E-state index contributed by atoms with van der Waals surface area (Å²) < 4.78 is 16.2. The first-order valence-electron chi connectivity index (χ1n) is 8.16. The number of ether oxygens (including phenoxy) is 3. The first-order chi connectivity index (χ1) is 12.1. The topological polar surface area (TPSA) is 72.1 Å². The molecule has 0 spiro atoms. The van der Waals surface area contributed by atoms with Crippen molar-refractivity contribution in [3.63, 3.8) is 0 Å². The summed E-state index contributed by atoms with van der Waals surface area (Å²) >= 11 is 5.27. The first kappa shape index (κ1) is 16.2. The van der Waals surface area contributed by atoms with Gasteiger partial charge in [-0.1, -0.05) is 12.6 Å². The fourth-order valence-electron chi connectivity index (χ4n) is 3.34. The summed E-state index contributed by atoms with van der Waals surface area (Å²) in [7, 11) is 0. The van der Waals surface area contributed by atoms with Crippen LogP contribution in [-0.2, 0) is 9.53 Å². The Kier molecular flexibility index (Phi) is 4.22. The second kappa shape index (κ2) is 6.53. The number of benzene rings is 1. The first-order valence-corrected chi connectivity index (χ1v) is 8.57. The smallest absolute Gasteiger partial charge is 0.234 e. The number of carbonyl (C=O) groups is 1. The van der Waals surface area contributed by atoms with Crippen LogP contribution in [0, 0.1) is 5.92 Å². The van der Waals surface area contributed by atoms with E-state index in [2.05, 4.69) is 17.2 Å². The molecule has 1 aromatic rings. The van der Waals surface area contributed by atoms with Crippen LogP contribution in [-0.4, -0.2) is 49.0 Å². The van der Waals surface area contributed by atoms with Crippen molar-refractivity contribution in [1.82, 2.24) is 15.5 Å². The number of carbonyl (C=O) groups excluding carboxylic acids is 1. The highest BCUT2D eigenvalue weighted by atomic mass is 32.1. The van der Waals surface area contributed by atoms with Gasteiger partial charge in [0.25, 0.3) is 0 Å². The number of nitrogens with zero attached hydrogens (tertiary/aromatic N) is 1. The number of morpholine rings is 1. The summed E-state index contributed by atoms with van der Waals surface area (Å²) in [6.45, 7) is 6.52. The molecule has 1 aromatic carbocycles. The predicted molar refractivity (Wildman–Crippen MR) is 94.2 cm³/mol. The number of amides is 1. The minimum Gasteiger partial charge on any atom is -0.454 e. The quantitative estimate of drug-likeness (QED) is 0.759. The van der Waals surface area contributed by atoms with Gasteiger partial charge in [0.05, 0.1) is 19.3 Å². The second-order valence-electron chi connectivity index (χ2n) is 6.13. The van der Waals surface area contributed by atoms with Crippen molar-refractivity contribution in [2.24, 2.45) is 5.92 Å². The van der Waals surface area contributed by atoms with Crippen molar-refractivity contribution in [1.29, 1.82) is 0 Å². The molecule has 2 N–H and O–H groups in total. The lowest BCUT2D eigenvalue weighted by Crippen LogP contribution is -2.55. The van der Waals surface area contributed by atoms with E-state index in [1.54, 1.807) is 0 Å². The molecule has 3 aliphatic rings. The lowest BCUT2D eigenvalue weighted by atomic mass is 9.87. The number of nitrogens with one attached hydrogen (secondary N) is 2. The Morgan fingerprint density at radius 1 is 1.24 bits per heavy atom. The average Bonchev–Trinajstić information content (AvgIpc) is 3.09. The molecule has 2 saturated heterocycles. The molecular formula is C17H19N3O4S. The predicted octanol–water partition coefficient (Wildman–Crippen LogP) is 0.923. The van der Waals surface area contributed by atoms with Crippen LogP contribution in [0.2, 0.25) is 0 Å². The summed E-state index contributed by atoms with van der Waals surface area (Å²) in [5.74, 6) is 0.922. The molecule has 0 bridgehead atoms. The van der Waals surface area contributed by atoms with Gasteiger partial charge in [-0.05, 0) is 29.9 Å². The molecule has 3 heterocycles. The van der Waals surface area contributed by atoms with Crippen LogP contribution in [0.25, 0.3) is 0 Å². The maximum absolute atomic E-state index is 13.1. The maximum atomic E-state index is 13.1. The molecule has 25 heavy (non-hydrogen) atoms. The van der Waals surface area contributed by atoms with Gasteiger partial charge in [-0.15, -0.1) is 0 Å². The summed E-state index contributed by atoms with van der Waals surface area (Å²) in [6.07, 6.45) is 0. The van der Waals surface area contributed by atoms with Crippen molar-refractivity contribution < 1.29 is 19.0 Å². The second-order valence-corrected chi connectivity index (χ2v) is 6.54. The van der Waals surface area contributed by atoms with E-state index < -0.39 is 5.92 Å². The Hall–Kier alpha value is -2.32. The largest absolute Gasteiger partial charge is 0.454 e. The number of hydrogen-bond acceptors (Lipinski definition) is 5. The average molecular weight is 361 g/mol. The summed E-state index contributed by atoms with van der Waals surface area (Å²) in [5.41, 5.74) is 1.50. The van der Waals surface area contributed by atoms with E-state index in [4.69, 9.17) is 26.4 Å². The summed E-state index contributed by atoms with van der Waals surface area (Å²) in [6, 6.07) is 5.35. The Morgan fingerprint density at radius 3 is 2.80 bits per heavy atom. The van der Waals surface area contributed by atoms with Crippen molar-refractivity contribution in [3.8, 4) is 11.5 Å². The van der Waals surface area contributed by atoms with Crippen LogP contribution < -0.4 is 20.1 Å². The molecule has 8 heteroatoms. The van der Waals surface area contributed by atoms with Gasteiger partial charge in [0.1, 0.15) is 5.92 Å². The van der Waals surface area contributed by atoms with Gasteiger partial charge < -0.3 is 29.7 Å². The molecule has 0 unspecified atom stereocenters. The van der Waals surface area contributed by atoms with E-state index in [0.717, 1.165) is 5.56 Å². The van der Waals surface area contributed by atoms with E-state index >= 15 is 0 Å². The van der Waals surface area contributed by atoms with Gasteiger partial charge in [0, 0.05) is 18.8 Å². The van der Waals surface area contributed by atoms with Gasteiger partial charge >= 0.3 is 0 Å². The van der Waals surface area contributed by atoms with Crippen molar-refractivity contribution in [2.45, 2.75) is 6.04 Å². The van der Waals surface area contributed by atoms with E-state index in [1.165, 1.54) is 0 Å². The molecule has 132 valence electrons. The normalized spacial score (nSPS) is 25.4. The third-order valence-electron chi connectivity index (χ3n) is 4.61. The molecule has 1 amide bonds. The molecule has 0 saturated carbocycles. The summed E-state index contributed by atoms with van der Waals surface area (Å²) in [4.78, 5) is 14.9. The third kappa shape index (κ3) is 3.03. The van der Waals surface area contributed by atoms with Crippen LogP contribution >= 0.6 is 12.2 Å². The van der Waals surface area contributed by atoms with E-state index in [9.17, 15) is 4.79 Å². The summed E-state index contributed by atoms with van der Waals surface area (Å²) in [5, 5.41) is 6.66. The molecule has 2 fully saturated rings.